The molecule has 2 aromatic rings. The first kappa shape index (κ1) is 26.1. The van der Waals surface area contributed by atoms with Gasteiger partial charge in [0.25, 0.3) is 0 Å². The Balaban J connectivity index is 1.55. The lowest BCUT2D eigenvalue weighted by Crippen LogP contribution is -2.20. The zero-order valence-electron chi connectivity index (χ0n) is 19.5. The summed E-state index contributed by atoms with van der Waals surface area (Å²) in [4.78, 5) is 0. The quantitative estimate of drug-likeness (QED) is 0.207. The zero-order valence-corrected chi connectivity index (χ0v) is 19.5. The van der Waals surface area contributed by atoms with Gasteiger partial charge in [0.15, 0.2) is 23.1 Å². The van der Waals surface area contributed by atoms with Gasteiger partial charge in [-0.1, -0.05) is 25.5 Å². The minimum Gasteiger partial charge on any atom is -0.490 e. The molecule has 0 aromatic heterocycles. The lowest BCUT2D eigenvalue weighted by atomic mass is 9.79. The molecular formula is C27H32F4O3. The van der Waals surface area contributed by atoms with Crippen LogP contribution in [-0.2, 0) is 0 Å². The summed E-state index contributed by atoms with van der Waals surface area (Å²) in [6.07, 6.45) is 4.78. The van der Waals surface area contributed by atoms with Crippen LogP contribution in [0.4, 0.5) is 17.6 Å². The first-order valence-corrected chi connectivity index (χ1v) is 11.9. The standard InChI is InChI=1S/C27H32F4O3/c1-3-5-15-33-22-13-11-19(24(28)26(22)30)18-9-7-17(8-10-18)16-34-23-14-12-20(21(32)6-4-2)25(29)27(23)31/h3,11-14,17-18,21,32H,1,4-10,15-16H2,2H3. The lowest BCUT2D eigenvalue weighted by molar-refractivity contribution is 0.159. The SMILES string of the molecule is C=CCCOc1ccc(C2CCC(COc3ccc(C(O)CCC)c(F)c3F)CC2)c(F)c1F. The Morgan fingerprint density at radius 2 is 1.59 bits per heavy atom. The topological polar surface area (TPSA) is 38.7 Å². The van der Waals surface area contributed by atoms with Gasteiger partial charge in [-0.25, -0.2) is 8.78 Å². The molecule has 3 nitrogen and oxygen atoms in total. The highest BCUT2D eigenvalue weighted by Gasteiger charge is 2.28. The van der Waals surface area contributed by atoms with E-state index in [1.807, 2.05) is 6.92 Å². The second-order valence-corrected chi connectivity index (χ2v) is 8.82. The van der Waals surface area contributed by atoms with Crippen molar-refractivity contribution in [2.24, 2.45) is 5.92 Å². The van der Waals surface area contributed by atoms with E-state index in [-0.39, 0.29) is 42.1 Å². The molecule has 0 amide bonds. The van der Waals surface area contributed by atoms with Gasteiger partial charge in [-0.15, -0.1) is 6.58 Å². The molecule has 0 spiro atoms. The van der Waals surface area contributed by atoms with Gasteiger partial charge in [-0.2, -0.15) is 8.78 Å². The van der Waals surface area contributed by atoms with Gasteiger partial charge in [0.05, 0.1) is 19.3 Å². The molecule has 0 saturated heterocycles. The maximum absolute atomic E-state index is 14.6. The molecule has 1 N–H and O–H groups in total. The molecule has 0 radical (unpaired) electrons. The molecule has 1 aliphatic carbocycles. The van der Waals surface area contributed by atoms with Crippen molar-refractivity contribution < 1.29 is 32.1 Å². The largest absolute Gasteiger partial charge is 0.490 e. The minimum atomic E-state index is -1.10. The fourth-order valence-electron chi connectivity index (χ4n) is 4.42. The molecule has 1 unspecified atom stereocenters. The molecule has 0 heterocycles. The van der Waals surface area contributed by atoms with E-state index in [1.165, 1.54) is 18.2 Å². The normalized spacial score (nSPS) is 19.0. The summed E-state index contributed by atoms with van der Waals surface area (Å²) in [6, 6.07) is 5.74. The third-order valence-corrected chi connectivity index (χ3v) is 6.42. The molecule has 1 fully saturated rings. The summed E-state index contributed by atoms with van der Waals surface area (Å²) in [7, 11) is 0. The average molecular weight is 481 g/mol. The fraction of sp³-hybridized carbons (Fsp3) is 0.481. The molecule has 0 bridgehead atoms. The Morgan fingerprint density at radius 3 is 2.26 bits per heavy atom. The van der Waals surface area contributed by atoms with E-state index in [0.29, 0.717) is 50.5 Å². The highest BCUT2D eigenvalue weighted by Crippen LogP contribution is 2.39. The number of rotatable bonds is 11. The third-order valence-electron chi connectivity index (χ3n) is 6.42. The Hall–Kier alpha value is -2.54. The van der Waals surface area contributed by atoms with Gasteiger partial charge >= 0.3 is 0 Å². The van der Waals surface area contributed by atoms with Crippen molar-refractivity contribution in [3.63, 3.8) is 0 Å². The second kappa shape index (κ2) is 12.2. The van der Waals surface area contributed by atoms with E-state index in [0.717, 1.165) is 0 Å². The molecule has 7 heteroatoms. The number of aliphatic hydroxyl groups excluding tert-OH is 1. The van der Waals surface area contributed by atoms with Crippen molar-refractivity contribution in [2.45, 2.75) is 63.9 Å². The van der Waals surface area contributed by atoms with Crippen LogP contribution in [0.15, 0.2) is 36.9 Å². The summed E-state index contributed by atoms with van der Waals surface area (Å²) < 4.78 is 68.6. The number of hydrogen-bond acceptors (Lipinski definition) is 3. The summed E-state index contributed by atoms with van der Waals surface area (Å²) in [5, 5.41) is 9.96. The van der Waals surface area contributed by atoms with Crippen molar-refractivity contribution in [1.29, 1.82) is 0 Å². The third kappa shape index (κ3) is 6.12. The molecule has 2 aromatic carbocycles. The van der Waals surface area contributed by atoms with Crippen LogP contribution < -0.4 is 9.47 Å². The summed E-state index contributed by atoms with van der Waals surface area (Å²) in [6.45, 7) is 5.85. The lowest BCUT2D eigenvalue weighted by Gasteiger charge is -2.29. The Bertz CT molecular complexity index is 971. The van der Waals surface area contributed by atoms with Gasteiger partial charge in [0.2, 0.25) is 11.6 Å². The summed E-state index contributed by atoms with van der Waals surface area (Å²) in [5.74, 6) is -4.36. The summed E-state index contributed by atoms with van der Waals surface area (Å²) >= 11 is 0. The van der Waals surface area contributed by atoms with Crippen LogP contribution >= 0.6 is 0 Å². The maximum atomic E-state index is 14.6. The molecule has 1 aliphatic rings. The Morgan fingerprint density at radius 1 is 0.941 bits per heavy atom. The number of ether oxygens (including phenoxy) is 2. The van der Waals surface area contributed by atoms with E-state index >= 15 is 0 Å². The molecule has 0 aliphatic heterocycles. The highest BCUT2D eigenvalue weighted by molar-refractivity contribution is 5.34. The van der Waals surface area contributed by atoms with Crippen LogP contribution in [-0.4, -0.2) is 18.3 Å². The number of hydrogen-bond donors (Lipinski definition) is 1. The van der Waals surface area contributed by atoms with Crippen LogP contribution in [0.2, 0.25) is 0 Å². The van der Waals surface area contributed by atoms with E-state index in [1.54, 1.807) is 12.1 Å². The zero-order chi connectivity index (χ0) is 24.7. The van der Waals surface area contributed by atoms with E-state index in [4.69, 9.17) is 9.47 Å². The van der Waals surface area contributed by atoms with Gasteiger partial charge in [0, 0.05) is 5.56 Å². The van der Waals surface area contributed by atoms with Crippen LogP contribution in [0.25, 0.3) is 0 Å². The predicted molar refractivity (Wildman–Crippen MR) is 123 cm³/mol. The molecule has 186 valence electrons. The molecule has 34 heavy (non-hydrogen) atoms. The maximum Gasteiger partial charge on any atom is 0.200 e. The van der Waals surface area contributed by atoms with Gasteiger partial charge < -0.3 is 14.6 Å². The average Bonchev–Trinajstić information content (AvgIpc) is 2.83. The van der Waals surface area contributed by atoms with Crippen molar-refractivity contribution in [1.82, 2.24) is 0 Å². The van der Waals surface area contributed by atoms with Gasteiger partial charge in [-0.05, 0) is 74.1 Å². The number of halogens is 4. The molecular weight excluding hydrogens is 448 g/mol. The van der Waals surface area contributed by atoms with E-state index in [9.17, 15) is 22.7 Å². The van der Waals surface area contributed by atoms with E-state index in [2.05, 4.69) is 6.58 Å². The van der Waals surface area contributed by atoms with Gasteiger partial charge in [-0.3, -0.25) is 0 Å². The second-order valence-electron chi connectivity index (χ2n) is 8.82. The van der Waals surface area contributed by atoms with E-state index < -0.39 is 29.4 Å². The highest BCUT2D eigenvalue weighted by atomic mass is 19.2. The number of aliphatic hydroxyl groups is 1. The van der Waals surface area contributed by atoms with Crippen molar-refractivity contribution >= 4 is 0 Å². The smallest absolute Gasteiger partial charge is 0.200 e. The van der Waals surface area contributed by atoms with Crippen LogP contribution in [0, 0.1) is 29.2 Å². The van der Waals surface area contributed by atoms with Gasteiger partial charge in [0.1, 0.15) is 0 Å². The van der Waals surface area contributed by atoms with Crippen LogP contribution in [0.5, 0.6) is 11.5 Å². The molecule has 3 rings (SSSR count). The summed E-state index contributed by atoms with van der Waals surface area (Å²) in [5.41, 5.74) is 0.265. The van der Waals surface area contributed by atoms with Crippen molar-refractivity contribution in [3.8, 4) is 11.5 Å². The minimum absolute atomic E-state index is 0.0707. The predicted octanol–water partition coefficient (Wildman–Crippen LogP) is 7.38. The Kier molecular flexibility index (Phi) is 9.39. The Labute approximate surface area is 198 Å². The first-order chi connectivity index (χ1) is 16.4. The number of benzene rings is 2. The molecule has 1 saturated carbocycles. The van der Waals surface area contributed by atoms with Crippen LogP contribution in [0.1, 0.15) is 75.0 Å². The monoisotopic (exact) mass is 480 g/mol. The fourth-order valence-corrected chi connectivity index (χ4v) is 4.42. The molecule has 1 atom stereocenters. The first-order valence-electron chi connectivity index (χ1n) is 11.9. The van der Waals surface area contributed by atoms with Crippen molar-refractivity contribution in [3.05, 3.63) is 71.3 Å². The van der Waals surface area contributed by atoms with Crippen LogP contribution in [0.3, 0.4) is 0 Å². The van der Waals surface area contributed by atoms with Crippen molar-refractivity contribution in [2.75, 3.05) is 13.2 Å².